The van der Waals surface area contributed by atoms with Crippen molar-refractivity contribution in [3.63, 3.8) is 0 Å². The predicted molar refractivity (Wildman–Crippen MR) is 120 cm³/mol. The summed E-state index contributed by atoms with van der Waals surface area (Å²) < 4.78 is 0. The van der Waals surface area contributed by atoms with E-state index in [9.17, 15) is 9.59 Å². The molecule has 3 rings (SSSR count). The molecule has 2 N–H and O–H groups in total. The molecule has 1 aliphatic rings. The van der Waals surface area contributed by atoms with Crippen molar-refractivity contribution in [1.82, 2.24) is 20.4 Å². The van der Waals surface area contributed by atoms with Crippen LogP contribution in [0.1, 0.15) is 16.7 Å². The van der Waals surface area contributed by atoms with E-state index in [1.54, 1.807) is 6.08 Å². The second-order valence-electron chi connectivity index (χ2n) is 7.64. The molecule has 1 aliphatic heterocycles. The summed E-state index contributed by atoms with van der Waals surface area (Å²) in [5.41, 5.74) is 3.25. The summed E-state index contributed by atoms with van der Waals surface area (Å²) in [6, 6.07) is 17.9. The molecule has 0 bridgehead atoms. The van der Waals surface area contributed by atoms with Crippen LogP contribution in [0, 0.1) is 0 Å². The maximum atomic E-state index is 12.1. The van der Waals surface area contributed by atoms with Crippen LogP contribution in [0.25, 0.3) is 6.08 Å². The van der Waals surface area contributed by atoms with Crippen LogP contribution in [0.5, 0.6) is 0 Å². The van der Waals surface area contributed by atoms with E-state index in [4.69, 9.17) is 0 Å². The molecule has 2 amide bonds. The quantitative estimate of drug-likeness (QED) is 0.657. The lowest BCUT2D eigenvalue weighted by molar-refractivity contribution is -0.124. The average molecular weight is 407 g/mol. The molecule has 0 aromatic heterocycles. The van der Waals surface area contributed by atoms with Crippen molar-refractivity contribution in [3.8, 4) is 0 Å². The highest BCUT2D eigenvalue weighted by Crippen LogP contribution is 2.10. The summed E-state index contributed by atoms with van der Waals surface area (Å²) in [6.07, 6.45) is 3.16. The van der Waals surface area contributed by atoms with Gasteiger partial charge in [-0.05, 0) is 29.8 Å². The van der Waals surface area contributed by atoms with Crippen LogP contribution in [-0.4, -0.2) is 61.4 Å². The number of hydrogen-bond acceptors (Lipinski definition) is 4. The zero-order valence-corrected chi connectivity index (χ0v) is 17.5. The molecule has 6 heteroatoms. The second kappa shape index (κ2) is 11.3. The third kappa shape index (κ3) is 7.46. The zero-order chi connectivity index (χ0) is 21.2. The minimum Gasteiger partial charge on any atom is -0.350 e. The number of nitrogens with zero attached hydrogens (tertiary/aromatic N) is 2. The number of rotatable bonds is 8. The van der Waals surface area contributed by atoms with E-state index in [-0.39, 0.29) is 18.4 Å². The Morgan fingerprint density at radius 3 is 2.43 bits per heavy atom. The van der Waals surface area contributed by atoms with Gasteiger partial charge in [-0.1, -0.05) is 54.6 Å². The van der Waals surface area contributed by atoms with E-state index in [1.165, 1.54) is 11.6 Å². The Morgan fingerprint density at radius 2 is 1.67 bits per heavy atom. The van der Waals surface area contributed by atoms with E-state index in [2.05, 4.69) is 39.6 Å². The van der Waals surface area contributed by atoms with Crippen molar-refractivity contribution in [3.05, 3.63) is 77.4 Å². The van der Waals surface area contributed by atoms with Gasteiger partial charge in [0.1, 0.15) is 0 Å². The first-order valence-electron chi connectivity index (χ1n) is 10.3. The van der Waals surface area contributed by atoms with E-state index in [0.717, 1.165) is 43.9 Å². The number of nitrogens with one attached hydrogen (secondary N) is 2. The molecule has 0 saturated carbocycles. The van der Waals surface area contributed by atoms with Gasteiger partial charge in [-0.3, -0.25) is 14.5 Å². The minimum atomic E-state index is -0.289. The van der Waals surface area contributed by atoms with Gasteiger partial charge < -0.3 is 15.5 Å². The lowest BCUT2D eigenvalue weighted by Crippen LogP contribution is -2.43. The van der Waals surface area contributed by atoms with Crippen LogP contribution in [0.4, 0.5) is 0 Å². The number of likely N-dealkylation sites (N-methyl/N-ethyl adjacent to an activating group) is 1. The predicted octanol–water partition coefficient (Wildman–Crippen LogP) is 1.88. The molecule has 0 aliphatic carbocycles. The Labute approximate surface area is 178 Å². The maximum Gasteiger partial charge on any atom is 0.244 e. The van der Waals surface area contributed by atoms with Gasteiger partial charge in [0.25, 0.3) is 0 Å². The summed E-state index contributed by atoms with van der Waals surface area (Å²) >= 11 is 0. The molecule has 0 spiro atoms. The number of carbonyl (C=O) groups excluding carboxylic acids is 2. The van der Waals surface area contributed by atoms with Crippen LogP contribution in [0.2, 0.25) is 0 Å². The third-order valence-corrected chi connectivity index (χ3v) is 5.13. The zero-order valence-electron chi connectivity index (χ0n) is 17.5. The number of carbonyl (C=O) groups is 2. The molecule has 158 valence electrons. The molecule has 2 aromatic rings. The Kier molecular flexibility index (Phi) is 8.18. The highest BCUT2D eigenvalue weighted by molar-refractivity contribution is 5.94. The molecule has 1 fully saturated rings. The van der Waals surface area contributed by atoms with Gasteiger partial charge in [0.2, 0.25) is 11.8 Å². The van der Waals surface area contributed by atoms with Gasteiger partial charge in [0.15, 0.2) is 0 Å². The van der Waals surface area contributed by atoms with Crippen LogP contribution < -0.4 is 10.6 Å². The smallest absolute Gasteiger partial charge is 0.244 e. The van der Waals surface area contributed by atoms with Gasteiger partial charge >= 0.3 is 0 Å². The fourth-order valence-corrected chi connectivity index (χ4v) is 3.33. The van der Waals surface area contributed by atoms with Crippen molar-refractivity contribution in [2.24, 2.45) is 0 Å². The maximum absolute atomic E-state index is 12.1. The van der Waals surface area contributed by atoms with E-state index in [0.29, 0.717) is 6.54 Å². The van der Waals surface area contributed by atoms with Crippen molar-refractivity contribution >= 4 is 17.9 Å². The Balaban J connectivity index is 1.39. The Bertz CT molecular complexity index is 859. The Hall–Kier alpha value is -2.96. The molecule has 1 heterocycles. The summed E-state index contributed by atoms with van der Waals surface area (Å²) in [5.74, 6) is -0.496. The fourth-order valence-electron chi connectivity index (χ4n) is 3.33. The van der Waals surface area contributed by atoms with Crippen molar-refractivity contribution in [2.45, 2.75) is 13.1 Å². The second-order valence-corrected chi connectivity index (χ2v) is 7.64. The van der Waals surface area contributed by atoms with Crippen molar-refractivity contribution < 1.29 is 9.59 Å². The molecular weight excluding hydrogens is 376 g/mol. The number of piperazine rings is 1. The van der Waals surface area contributed by atoms with Gasteiger partial charge in [-0.25, -0.2) is 0 Å². The van der Waals surface area contributed by atoms with Crippen molar-refractivity contribution in [1.29, 1.82) is 0 Å². The molecule has 6 nitrogen and oxygen atoms in total. The van der Waals surface area contributed by atoms with Crippen LogP contribution >= 0.6 is 0 Å². The van der Waals surface area contributed by atoms with Crippen LogP contribution in [0.15, 0.2) is 60.7 Å². The normalized spacial score (nSPS) is 15.2. The highest BCUT2D eigenvalue weighted by atomic mass is 16.2. The molecule has 30 heavy (non-hydrogen) atoms. The van der Waals surface area contributed by atoms with Gasteiger partial charge in [-0.15, -0.1) is 0 Å². The summed E-state index contributed by atoms with van der Waals surface area (Å²) in [6.45, 7) is 5.69. The standard InChI is InChI=1S/C24H30N4O2/c1-27-12-14-28(15-13-27)19-22-9-5-8-21(16-22)17-25-24(30)18-26-23(29)11-10-20-6-3-2-4-7-20/h2-11,16H,12-15,17-19H2,1H3,(H,25,30)(H,26,29)/b11-10+. The SMILES string of the molecule is CN1CCN(Cc2cccc(CNC(=O)CNC(=O)/C=C/c3ccccc3)c2)CC1. The highest BCUT2D eigenvalue weighted by Gasteiger charge is 2.14. The van der Waals surface area contributed by atoms with Gasteiger partial charge in [0, 0.05) is 45.3 Å². The first-order valence-corrected chi connectivity index (χ1v) is 10.3. The average Bonchev–Trinajstić information content (AvgIpc) is 2.77. The lowest BCUT2D eigenvalue weighted by atomic mass is 10.1. The third-order valence-electron chi connectivity index (χ3n) is 5.13. The first-order chi connectivity index (χ1) is 14.6. The van der Waals surface area contributed by atoms with Crippen molar-refractivity contribution in [2.75, 3.05) is 39.8 Å². The number of hydrogen-bond donors (Lipinski definition) is 2. The monoisotopic (exact) mass is 406 g/mol. The van der Waals surface area contributed by atoms with Gasteiger partial charge in [0.05, 0.1) is 6.54 Å². The topological polar surface area (TPSA) is 64.7 Å². The van der Waals surface area contributed by atoms with Gasteiger partial charge in [-0.2, -0.15) is 0 Å². The molecule has 0 radical (unpaired) electrons. The minimum absolute atomic E-state index is 0.0427. The molecule has 0 atom stereocenters. The molecular formula is C24H30N4O2. The molecule has 2 aromatic carbocycles. The summed E-state index contributed by atoms with van der Waals surface area (Å²) in [5, 5.41) is 5.48. The number of benzene rings is 2. The number of amides is 2. The molecule has 1 saturated heterocycles. The summed E-state index contributed by atoms with van der Waals surface area (Å²) in [4.78, 5) is 28.7. The van der Waals surface area contributed by atoms with E-state index in [1.807, 2.05) is 42.5 Å². The first kappa shape index (κ1) is 21.7. The van der Waals surface area contributed by atoms with Crippen LogP contribution in [0.3, 0.4) is 0 Å². The Morgan fingerprint density at radius 1 is 0.933 bits per heavy atom. The summed E-state index contributed by atoms with van der Waals surface area (Å²) in [7, 11) is 2.16. The van der Waals surface area contributed by atoms with E-state index >= 15 is 0 Å². The van der Waals surface area contributed by atoms with Crippen LogP contribution in [-0.2, 0) is 22.7 Å². The fraction of sp³-hybridized carbons (Fsp3) is 0.333. The lowest BCUT2D eigenvalue weighted by Gasteiger charge is -2.32. The van der Waals surface area contributed by atoms with E-state index < -0.39 is 0 Å². The largest absolute Gasteiger partial charge is 0.350 e. The molecule has 0 unspecified atom stereocenters.